The summed E-state index contributed by atoms with van der Waals surface area (Å²) in [5.74, 6) is 0.692. The topological polar surface area (TPSA) is 99.2 Å². The average molecular weight is 605 g/mol. The Balaban J connectivity index is 1.60. The Kier molecular flexibility index (Phi) is 9.53. The Hall–Kier alpha value is -2.95. The van der Waals surface area contributed by atoms with Gasteiger partial charge in [-0.1, -0.05) is 60.8 Å². The zero-order chi connectivity index (χ0) is 29.1. The molecule has 12 heteroatoms. The van der Waals surface area contributed by atoms with Crippen molar-refractivity contribution in [2.24, 2.45) is 0 Å². The van der Waals surface area contributed by atoms with Crippen LogP contribution in [0.4, 0.5) is 5.69 Å². The molecule has 2 aromatic rings. The van der Waals surface area contributed by atoms with Gasteiger partial charge in [-0.05, 0) is 49.8 Å². The standard InChI is InChI=1S/C28H32Cl3N7O2/c1-16(2)25-24-27(38(35-25)26-20(30)13-18(29)14-21(26)31)33-22(34-28(24)40)12-17-6-8-19(9-7-17)37(5)23(39)15-32-10-11-36(3)4/h6-9,13-14,16,32,35H,10-12,15H2,1-5H3. The Morgan fingerprint density at radius 1 is 1.05 bits per heavy atom. The number of H-pyrrole nitrogens is 1. The monoisotopic (exact) mass is 603 g/mol. The first-order valence-electron chi connectivity index (χ1n) is 12.8. The lowest BCUT2D eigenvalue weighted by Crippen LogP contribution is -2.37. The van der Waals surface area contributed by atoms with Crippen LogP contribution in [0.5, 0.6) is 0 Å². The molecule has 212 valence electrons. The number of hydrogen-bond acceptors (Lipinski definition) is 6. The van der Waals surface area contributed by atoms with E-state index in [4.69, 9.17) is 39.8 Å². The number of aromatic amines is 1. The van der Waals surface area contributed by atoms with Crippen LogP contribution >= 0.6 is 34.8 Å². The number of carbonyl (C=O) groups is 1. The van der Waals surface area contributed by atoms with Gasteiger partial charge in [-0.3, -0.25) is 14.7 Å². The maximum atomic E-state index is 13.2. The number of benzene rings is 2. The molecule has 1 amide bonds. The summed E-state index contributed by atoms with van der Waals surface area (Å²) in [7, 11) is 5.72. The van der Waals surface area contributed by atoms with Crippen molar-refractivity contribution >= 4 is 46.4 Å². The number of rotatable bonds is 10. The number of nitrogens with one attached hydrogen (secondary N) is 2. The second-order valence-corrected chi connectivity index (χ2v) is 11.4. The third-order valence-electron chi connectivity index (χ3n) is 6.47. The van der Waals surface area contributed by atoms with Crippen LogP contribution in [0.25, 0.3) is 17.1 Å². The molecule has 2 aliphatic heterocycles. The van der Waals surface area contributed by atoms with Crippen molar-refractivity contribution in [2.45, 2.75) is 26.2 Å². The molecule has 0 bridgehead atoms. The summed E-state index contributed by atoms with van der Waals surface area (Å²) >= 11 is 19.1. The van der Waals surface area contributed by atoms with Crippen LogP contribution in [0.3, 0.4) is 0 Å². The molecule has 0 fully saturated rings. The van der Waals surface area contributed by atoms with Crippen molar-refractivity contribution in [3.8, 4) is 17.1 Å². The number of amides is 1. The van der Waals surface area contributed by atoms with Crippen LogP contribution in [-0.4, -0.2) is 71.3 Å². The van der Waals surface area contributed by atoms with E-state index in [1.165, 1.54) is 0 Å². The lowest BCUT2D eigenvalue weighted by Gasteiger charge is -2.18. The lowest BCUT2D eigenvalue weighted by atomic mass is 10.1. The van der Waals surface area contributed by atoms with E-state index in [1.54, 1.807) is 28.8 Å². The van der Waals surface area contributed by atoms with Crippen LogP contribution in [-0.2, 0) is 11.2 Å². The van der Waals surface area contributed by atoms with Crippen molar-refractivity contribution in [2.75, 3.05) is 45.7 Å². The molecule has 0 saturated heterocycles. The minimum Gasteiger partial charge on any atom is -0.314 e. The van der Waals surface area contributed by atoms with E-state index in [0.717, 1.165) is 24.3 Å². The minimum atomic E-state index is -0.386. The highest BCUT2D eigenvalue weighted by Gasteiger charge is 2.27. The Bertz CT molecular complexity index is 1510. The van der Waals surface area contributed by atoms with E-state index >= 15 is 0 Å². The zero-order valence-corrected chi connectivity index (χ0v) is 25.3. The van der Waals surface area contributed by atoms with Crippen molar-refractivity contribution in [1.29, 1.82) is 0 Å². The second kappa shape index (κ2) is 12.7. The number of hydrogen-bond donors (Lipinski definition) is 2. The van der Waals surface area contributed by atoms with E-state index in [-0.39, 0.29) is 23.9 Å². The molecule has 2 aliphatic rings. The van der Waals surface area contributed by atoms with Gasteiger partial charge < -0.3 is 15.1 Å². The van der Waals surface area contributed by atoms with E-state index in [9.17, 15) is 9.59 Å². The maximum absolute atomic E-state index is 13.2. The number of fused-ring (bicyclic) bond motifs is 1. The van der Waals surface area contributed by atoms with E-state index in [0.29, 0.717) is 50.1 Å². The number of carbonyl (C=O) groups excluding carboxylic acids is 1. The highest BCUT2D eigenvalue weighted by atomic mass is 35.5. The van der Waals surface area contributed by atoms with Gasteiger partial charge in [-0.2, -0.15) is 4.98 Å². The molecule has 0 saturated carbocycles. The molecule has 0 atom stereocenters. The van der Waals surface area contributed by atoms with Crippen LogP contribution in [0.1, 0.15) is 36.8 Å². The van der Waals surface area contributed by atoms with Gasteiger partial charge in [0.25, 0.3) is 5.56 Å². The summed E-state index contributed by atoms with van der Waals surface area (Å²) in [5, 5.41) is 7.44. The van der Waals surface area contributed by atoms with Gasteiger partial charge in [0, 0.05) is 37.3 Å². The molecule has 0 radical (unpaired) electrons. The Labute approximate surface area is 248 Å². The van der Waals surface area contributed by atoms with Crippen molar-refractivity contribution in [3.05, 3.63) is 78.9 Å². The first-order chi connectivity index (χ1) is 19.0. The van der Waals surface area contributed by atoms with E-state index in [1.807, 2.05) is 52.2 Å². The van der Waals surface area contributed by atoms with Gasteiger partial charge in [0.1, 0.15) is 17.1 Å². The predicted octanol–water partition coefficient (Wildman–Crippen LogP) is 4.85. The average Bonchev–Trinajstić information content (AvgIpc) is 3.26. The zero-order valence-electron chi connectivity index (χ0n) is 23.1. The summed E-state index contributed by atoms with van der Waals surface area (Å²) in [5.41, 5.74) is 2.78. The third-order valence-corrected chi connectivity index (χ3v) is 7.27. The normalized spacial score (nSPS) is 11.7. The van der Waals surface area contributed by atoms with E-state index < -0.39 is 0 Å². The summed E-state index contributed by atoms with van der Waals surface area (Å²) in [4.78, 5) is 38.5. The molecule has 0 aromatic heterocycles. The highest BCUT2D eigenvalue weighted by molar-refractivity contribution is 6.40. The Morgan fingerprint density at radius 3 is 2.30 bits per heavy atom. The molecule has 0 aliphatic carbocycles. The van der Waals surface area contributed by atoms with Gasteiger partial charge in [0.2, 0.25) is 5.91 Å². The molecule has 2 N–H and O–H groups in total. The fraction of sp³-hybridized carbons (Fsp3) is 0.357. The van der Waals surface area contributed by atoms with E-state index in [2.05, 4.69) is 20.3 Å². The maximum Gasteiger partial charge on any atom is 0.284 e. The largest absolute Gasteiger partial charge is 0.314 e. The molecule has 0 unspecified atom stereocenters. The Morgan fingerprint density at radius 2 is 1.70 bits per heavy atom. The molecule has 0 spiro atoms. The van der Waals surface area contributed by atoms with Gasteiger partial charge in [-0.25, -0.2) is 9.67 Å². The quantitative estimate of drug-likeness (QED) is 0.251. The van der Waals surface area contributed by atoms with Crippen molar-refractivity contribution in [3.63, 3.8) is 0 Å². The fourth-order valence-electron chi connectivity index (χ4n) is 4.29. The van der Waals surface area contributed by atoms with Crippen LogP contribution < -0.4 is 15.8 Å². The highest BCUT2D eigenvalue weighted by Crippen LogP contribution is 2.36. The summed E-state index contributed by atoms with van der Waals surface area (Å²) in [6, 6.07) is 10.7. The molecule has 9 nitrogen and oxygen atoms in total. The van der Waals surface area contributed by atoms with Gasteiger partial charge in [0.05, 0.1) is 22.3 Å². The molecular weight excluding hydrogens is 573 g/mol. The summed E-state index contributed by atoms with van der Waals surface area (Å²) in [6.07, 6.45) is 0.319. The van der Waals surface area contributed by atoms with Crippen LogP contribution in [0, 0.1) is 0 Å². The lowest BCUT2D eigenvalue weighted by molar-refractivity contribution is -0.117. The minimum absolute atomic E-state index is 0.00817. The second-order valence-electron chi connectivity index (χ2n) is 10.2. The summed E-state index contributed by atoms with van der Waals surface area (Å²) in [6.45, 7) is 5.77. The number of likely N-dealkylation sites (N-methyl/N-ethyl adjacent to an activating group) is 2. The van der Waals surface area contributed by atoms with Crippen LogP contribution in [0.15, 0.2) is 41.2 Å². The molecular formula is C28H32Cl3N7O2. The first kappa shape index (κ1) is 30.0. The van der Waals surface area contributed by atoms with Gasteiger partial charge >= 0.3 is 0 Å². The number of anilines is 1. The van der Waals surface area contributed by atoms with Crippen molar-refractivity contribution < 1.29 is 4.79 Å². The molecule has 2 aromatic carbocycles. The number of halogens is 3. The molecule has 40 heavy (non-hydrogen) atoms. The van der Waals surface area contributed by atoms with Crippen LogP contribution in [0.2, 0.25) is 15.1 Å². The third kappa shape index (κ3) is 6.67. The smallest absolute Gasteiger partial charge is 0.284 e. The summed E-state index contributed by atoms with van der Waals surface area (Å²) < 4.78 is 1.62. The van der Waals surface area contributed by atoms with Gasteiger partial charge in [-0.15, -0.1) is 0 Å². The fourth-order valence-corrected chi connectivity index (χ4v) is 5.27. The predicted molar refractivity (Wildman–Crippen MR) is 162 cm³/mol. The SMILES string of the molecule is CC(C)c1[nH]n(-c2c(Cl)cc(Cl)cc2Cl)c2nc(Cc3ccc(N(C)C(=O)CNCCN(C)C)cc3)nc(=O)c1-2. The van der Waals surface area contributed by atoms with Gasteiger partial charge in [0.15, 0.2) is 5.82 Å². The van der Waals surface area contributed by atoms with Crippen molar-refractivity contribution in [1.82, 2.24) is 30.0 Å². The molecule has 4 rings (SSSR count). The number of aromatic nitrogens is 4. The number of nitrogens with zero attached hydrogens (tertiary/aromatic N) is 5. The molecule has 2 heterocycles. The first-order valence-corrected chi connectivity index (χ1v) is 14.0.